The van der Waals surface area contributed by atoms with Gasteiger partial charge in [-0.25, -0.2) is 0 Å². The van der Waals surface area contributed by atoms with Crippen molar-refractivity contribution in [2.45, 2.75) is 0 Å². The summed E-state index contributed by atoms with van der Waals surface area (Å²) in [7, 11) is 0. The number of hydrogen-bond donors (Lipinski definition) is 0. The normalized spacial score (nSPS) is 11.7. The summed E-state index contributed by atoms with van der Waals surface area (Å²) in [4.78, 5) is 0. The highest BCUT2D eigenvalue weighted by Gasteiger charge is 2.21. The first-order valence-corrected chi connectivity index (χ1v) is 12.9. The van der Waals surface area contributed by atoms with Crippen molar-refractivity contribution in [1.29, 1.82) is 0 Å². The van der Waals surface area contributed by atoms with Crippen LogP contribution in [0.15, 0.2) is 142 Å². The van der Waals surface area contributed by atoms with Gasteiger partial charge in [0.25, 0.3) is 0 Å². The van der Waals surface area contributed by atoms with Gasteiger partial charge in [-0.15, -0.1) is 0 Å². The molecule has 2 nitrogen and oxygen atoms in total. The van der Waals surface area contributed by atoms with Gasteiger partial charge in [-0.3, -0.25) is 0 Å². The lowest BCUT2D eigenvalue weighted by Crippen LogP contribution is -1.82. The van der Waals surface area contributed by atoms with Crippen molar-refractivity contribution in [2.24, 2.45) is 0 Å². The van der Waals surface area contributed by atoms with Gasteiger partial charge in [-0.2, -0.15) is 0 Å². The monoisotopic (exact) mass is 486 g/mol. The quantitative estimate of drug-likeness (QED) is 0.248. The summed E-state index contributed by atoms with van der Waals surface area (Å²) in [6.07, 6.45) is 0. The zero-order valence-electron chi connectivity index (χ0n) is 20.5. The Balaban J connectivity index is 1.48. The van der Waals surface area contributed by atoms with E-state index in [1.54, 1.807) is 0 Å². The van der Waals surface area contributed by atoms with E-state index in [1.807, 2.05) is 12.1 Å². The molecule has 2 heteroatoms. The summed E-state index contributed by atoms with van der Waals surface area (Å²) in [5.41, 5.74) is 10.3. The summed E-state index contributed by atoms with van der Waals surface area (Å²) in [6.45, 7) is 0. The molecule has 8 aromatic rings. The van der Waals surface area contributed by atoms with Crippen LogP contribution in [0.4, 0.5) is 0 Å². The van der Waals surface area contributed by atoms with Crippen molar-refractivity contribution in [2.75, 3.05) is 0 Å². The Labute approximate surface area is 219 Å². The molecule has 0 saturated carbocycles. The molecule has 2 heterocycles. The second-order valence-corrected chi connectivity index (χ2v) is 9.73. The van der Waals surface area contributed by atoms with Gasteiger partial charge in [0, 0.05) is 21.5 Å². The molecule has 0 amide bonds. The second kappa shape index (κ2) is 8.22. The van der Waals surface area contributed by atoms with Gasteiger partial charge >= 0.3 is 0 Å². The summed E-state index contributed by atoms with van der Waals surface area (Å²) in [6, 6.07) is 46.7. The Bertz CT molecular complexity index is 2100. The highest BCUT2D eigenvalue weighted by Crippen LogP contribution is 2.45. The van der Waals surface area contributed by atoms with Gasteiger partial charge in [0.1, 0.15) is 11.2 Å². The van der Waals surface area contributed by atoms with E-state index in [2.05, 4.69) is 121 Å². The predicted octanol–water partition coefficient (Wildman–Crippen LogP) is 10.5. The van der Waals surface area contributed by atoms with Gasteiger partial charge < -0.3 is 8.83 Å². The molecule has 0 aliphatic carbocycles. The van der Waals surface area contributed by atoms with E-state index in [0.29, 0.717) is 0 Å². The average molecular weight is 487 g/mol. The minimum Gasteiger partial charge on any atom is -0.452 e. The standard InChI is InChI=1S/C36H22O2/c1-4-10-23(11-5-1)26-16-18-32-29(20-26)30-22-28(25-14-8-3-9-15-25)34-31-21-27(24-12-6-2-7-13-24)17-19-33(31)38-36(34)35(30)37-32/h1-22H. The van der Waals surface area contributed by atoms with Crippen LogP contribution in [-0.2, 0) is 0 Å². The Kier molecular flexibility index (Phi) is 4.55. The van der Waals surface area contributed by atoms with E-state index >= 15 is 0 Å². The molecule has 2 aromatic heterocycles. The second-order valence-electron chi connectivity index (χ2n) is 9.73. The van der Waals surface area contributed by atoms with Crippen LogP contribution in [0.5, 0.6) is 0 Å². The fourth-order valence-electron chi connectivity index (χ4n) is 5.64. The van der Waals surface area contributed by atoms with Gasteiger partial charge in [0.05, 0.1) is 0 Å². The Hall–Kier alpha value is -5.08. The van der Waals surface area contributed by atoms with Gasteiger partial charge in [-0.1, -0.05) is 103 Å². The van der Waals surface area contributed by atoms with Gasteiger partial charge in [-0.05, 0) is 63.7 Å². The van der Waals surface area contributed by atoms with E-state index in [9.17, 15) is 0 Å². The first kappa shape index (κ1) is 21.0. The fourth-order valence-corrected chi connectivity index (χ4v) is 5.64. The number of fused-ring (bicyclic) bond motifs is 7. The van der Waals surface area contributed by atoms with E-state index in [4.69, 9.17) is 8.83 Å². The van der Waals surface area contributed by atoms with Gasteiger partial charge in [0.2, 0.25) is 0 Å². The lowest BCUT2D eigenvalue weighted by Gasteiger charge is -2.06. The summed E-state index contributed by atoms with van der Waals surface area (Å²) < 4.78 is 13.1. The molecule has 38 heavy (non-hydrogen) atoms. The Morgan fingerprint density at radius 1 is 0.342 bits per heavy atom. The highest BCUT2D eigenvalue weighted by molar-refractivity contribution is 6.24. The zero-order valence-corrected chi connectivity index (χ0v) is 20.5. The molecule has 0 saturated heterocycles. The third-order valence-corrected chi connectivity index (χ3v) is 7.48. The molecule has 0 spiro atoms. The highest BCUT2D eigenvalue weighted by atomic mass is 16.4. The minimum absolute atomic E-state index is 0.789. The number of rotatable bonds is 3. The van der Waals surface area contributed by atoms with E-state index in [1.165, 1.54) is 16.7 Å². The first-order valence-electron chi connectivity index (χ1n) is 12.9. The van der Waals surface area contributed by atoms with Crippen LogP contribution in [0.3, 0.4) is 0 Å². The molecule has 0 unspecified atom stereocenters. The zero-order chi connectivity index (χ0) is 25.1. The molecule has 178 valence electrons. The number of benzene rings is 6. The van der Waals surface area contributed by atoms with E-state index in [-0.39, 0.29) is 0 Å². The molecule has 0 aliphatic heterocycles. The number of hydrogen-bond acceptors (Lipinski definition) is 2. The lowest BCUT2D eigenvalue weighted by atomic mass is 9.95. The predicted molar refractivity (Wildman–Crippen MR) is 157 cm³/mol. The molecule has 0 N–H and O–H groups in total. The van der Waals surface area contributed by atoms with Crippen LogP contribution in [0.25, 0.3) is 77.3 Å². The fraction of sp³-hybridized carbons (Fsp3) is 0. The molecular weight excluding hydrogens is 464 g/mol. The van der Waals surface area contributed by atoms with Crippen LogP contribution < -0.4 is 0 Å². The van der Waals surface area contributed by atoms with E-state index in [0.717, 1.165) is 60.6 Å². The van der Waals surface area contributed by atoms with Crippen LogP contribution in [-0.4, -0.2) is 0 Å². The van der Waals surface area contributed by atoms with Gasteiger partial charge in [0.15, 0.2) is 11.2 Å². The molecule has 0 fully saturated rings. The van der Waals surface area contributed by atoms with Crippen molar-refractivity contribution >= 4 is 43.9 Å². The molecule has 0 radical (unpaired) electrons. The minimum atomic E-state index is 0.789. The topological polar surface area (TPSA) is 26.3 Å². The first-order chi connectivity index (χ1) is 18.8. The van der Waals surface area contributed by atoms with Crippen molar-refractivity contribution in [3.05, 3.63) is 133 Å². The molecule has 6 aromatic carbocycles. The lowest BCUT2D eigenvalue weighted by molar-refractivity contribution is 0.633. The van der Waals surface area contributed by atoms with Crippen LogP contribution >= 0.6 is 0 Å². The van der Waals surface area contributed by atoms with Crippen LogP contribution in [0.2, 0.25) is 0 Å². The van der Waals surface area contributed by atoms with Crippen molar-refractivity contribution in [3.63, 3.8) is 0 Å². The molecule has 8 rings (SSSR count). The van der Waals surface area contributed by atoms with Crippen molar-refractivity contribution < 1.29 is 8.83 Å². The van der Waals surface area contributed by atoms with Crippen molar-refractivity contribution in [1.82, 2.24) is 0 Å². The largest absolute Gasteiger partial charge is 0.452 e. The molecule has 0 atom stereocenters. The van der Waals surface area contributed by atoms with E-state index < -0.39 is 0 Å². The summed E-state index contributed by atoms with van der Waals surface area (Å²) in [5.74, 6) is 0. The Morgan fingerprint density at radius 2 is 0.842 bits per heavy atom. The molecular formula is C36H22O2. The molecule has 0 bridgehead atoms. The average Bonchev–Trinajstić information content (AvgIpc) is 3.56. The van der Waals surface area contributed by atoms with Crippen molar-refractivity contribution in [3.8, 4) is 33.4 Å². The molecule has 0 aliphatic rings. The maximum Gasteiger partial charge on any atom is 0.179 e. The third-order valence-electron chi connectivity index (χ3n) is 7.48. The Morgan fingerprint density at radius 3 is 1.45 bits per heavy atom. The van der Waals surface area contributed by atoms with Crippen LogP contribution in [0, 0.1) is 0 Å². The third kappa shape index (κ3) is 3.21. The van der Waals surface area contributed by atoms with Crippen LogP contribution in [0.1, 0.15) is 0 Å². The maximum atomic E-state index is 6.57. The number of furan rings is 2. The maximum absolute atomic E-state index is 6.57. The summed E-state index contributed by atoms with van der Waals surface area (Å²) >= 11 is 0. The SMILES string of the molecule is c1ccc(-c2ccc3oc4c(cc(-c5ccccc5)c5c6cc(-c7ccccc7)ccc6oc45)c3c2)cc1. The smallest absolute Gasteiger partial charge is 0.179 e. The summed E-state index contributed by atoms with van der Waals surface area (Å²) in [5, 5.41) is 4.32.